The fourth-order valence-corrected chi connectivity index (χ4v) is 2.05. The van der Waals surface area contributed by atoms with E-state index in [2.05, 4.69) is 30.6 Å². The van der Waals surface area contributed by atoms with Crippen molar-refractivity contribution in [2.45, 2.75) is 30.5 Å². The number of carboxylic acids is 1. The van der Waals surface area contributed by atoms with Crippen LogP contribution in [-0.2, 0) is 27.6 Å². The fourth-order valence-electron chi connectivity index (χ4n) is 1.68. The van der Waals surface area contributed by atoms with Gasteiger partial charge < -0.3 is 16.2 Å². The summed E-state index contributed by atoms with van der Waals surface area (Å²) in [6, 6.07) is 4.71. The third-order valence-electron chi connectivity index (χ3n) is 2.69. The molecule has 1 aromatic rings. The molecule has 0 fully saturated rings. The lowest BCUT2D eigenvalue weighted by molar-refractivity contribution is -0.140. The van der Waals surface area contributed by atoms with Crippen LogP contribution in [0.3, 0.4) is 0 Å². The molecule has 1 aromatic carbocycles. The minimum absolute atomic E-state index is 0.235. The Morgan fingerprint density at radius 3 is 2.10 bits per heavy atom. The molecular weight excluding hydrogens is 296 g/mol. The first kappa shape index (κ1) is 16.9. The molecule has 0 spiro atoms. The Labute approximate surface area is 128 Å². The van der Waals surface area contributed by atoms with Gasteiger partial charge in [-0.05, 0) is 16.7 Å². The van der Waals surface area contributed by atoms with E-state index in [4.69, 9.17) is 10.8 Å². The number of nitrogens with two attached hydrogens (primary N) is 1. The van der Waals surface area contributed by atoms with Crippen LogP contribution >= 0.6 is 25.3 Å². The van der Waals surface area contributed by atoms with Gasteiger partial charge in [0.05, 0.1) is 6.42 Å². The Morgan fingerprint density at radius 1 is 1.15 bits per heavy atom. The number of hydrogen-bond donors (Lipinski definition) is 5. The van der Waals surface area contributed by atoms with Crippen LogP contribution < -0.4 is 11.1 Å². The maximum atomic E-state index is 11.6. The van der Waals surface area contributed by atoms with Gasteiger partial charge in [-0.15, -0.1) is 0 Å². The lowest BCUT2D eigenvalue weighted by Crippen LogP contribution is -2.36. The molecule has 0 unspecified atom stereocenters. The van der Waals surface area contributed by atoms with Crippen LogP contribution in [0.15, 0.2) is 18.2 Å². The van der Waals surface area contributed by atoms with Gasteiger partial charge in [0.25, 0.3) is 0 Å². The Kier molecular flexibility index (Phi) is 6.90. The molecule has 4 N–H and O–H groups in total. The van der Waals surface area contributed by atoms with Gasteiger partial charge in [0.15, 0.2) is 0 Å². The first-order chi connectivity index (χ1) is 9.46. The summed E-state index contributed by atoms with van der Waals surface area (Å²) < 4.78 is 0. The SMILES string of the molecule is N[C@@H](CC(=O)NCc1cc(CS)cc(CS)c1)C(=O)O. The second kappa shape index (κ2) is 8.18. The standard InChI is InChI=1S/C13H18N2O3S2/c14-11(13(17)18)4-12(16)15-5-8-1-9(6-19)3-10(2-8)7-20/h1-3,11,19-20H,4-7,14H2,(H,15,16)(H,17,18)/t11-/m0/s1. The lowest BCUT2D eigenvalue weighted by atomic mass is 10.1. The van der Waals surface area contributed by atoms with Gasteiger partial charge in [-0.3, -0.25) is 9.59 Å². The summed E-state index contributed by atoms with van der Waals surface area (Å²) in [5, 5.41) is 11.3. The molecule has 1 atom stereocenters. The molecule has 110 valence electrons. The first-order valence-corrected chi connectivity index (χ1v) is 7.31. The van der Waals surface area contributed by atoms with Crippen LogP contribution in [-0.4, -0.2) is 23.0 Å². The fraction of sp³-hybridized carbons (Fsp3) is 0.385. The Morgan fingerprint density at radius 2 is 1.65 bits per heavy atom. The van der Waals surface area contributed by atoms with E-state index in [1.807, 2.05) is 18.2 Å². The van der Waals surface area contributed by atoms with Gasteiger partial charge in [-0.1, -0.05) is 18.2 Å². The molecule has 0 radical (unpaired) electrons. The highest BCUT2D eigenvalue weighted by Crippen LogP contribution is 2.14. The van der Waals surface area contributed by atoms with Crippen LogP contribution in [0, 0.1) is 0 Å². The van der Waals surface area contributed by atoms with Gasteiger partial charge in [-0.25, -0.2) is 0 Å². The normalized spacial score (nSPS) is 11.9. The third-order valence-corrected chi connectivity index (χ3v) is 3.42. The van der Waals surface area contributed by atoms with Crippen LogP contribution in [0.4, 0.5) is 0 Å². The van der Waals surface area contributed by atoms with Crippen molar-refractivity contribution < 1.29 is 14.7 Å². The lowest BCUT2D eigenvalue weighted by Gasteiger charge is -2.10. The van der Waals surface area contributed by atoms with E-state index in [1.165, 1.54) is 0 Å². The van der Waals surface area contributed by atoms with Crippen molar-refractivity contribution in [3.05, 3.63) is 34.9 Å². The zero-order chi connectivity index (χ0) is 15.1. The van der Waals surface area contributed by atoms with Crippen LogP contribution in [0.25, 0.3) is 0 Å². The molecule has 0 aliphatic carbocycles. The average molecular weight is 314 g/mol. The minimum atomic E-state index is -1.19. The first-order valence-electron chi connectivity index (χ1n) is 6.04. The maximum Gasteiger partial charge on any atom is 0.321 e. The number of nitrogens with one attached hydrogen (secondary N) is 1. The van der Waals surface area contributed by atoms with E-state index in [0.717, 1.165) is 16.7 Å². The van der Waals surface area contributed by atoms with Crippen molar-refractivity contribution in [2.75, 3.05) is 0 Å². The quantitative estimate of drug-likeness (QED) is 0.485. The number of carbonyl (C=O) groups excluding carboxylic acids is 1. The van der Waals surface area contributed by atoms with Crippen molar-refractivity contribution >= 4 is 37.1 Å². The molecule has 0 bridgehead atoms. The van der Waals surface area contributed by atoms with E-state index < -0.39 is 12.0 Å². The molecule has 20 heavy (non-hydrogen) atoms. The van der Waals surface area contributed by atoms with Gasteiger partial charge in [-0.2, -0.15) is 25.3 Å². The maximum absolute atomic E-state index is 11.6. The van der Waals surface area contributed by atoms with E-state index in [0.29, 0.717) is 18.1 Å². The molecule has 0 heterocycles. The molecule has 0 aliphatic heterocycles. The predicted molar refractivity (Wildman–Crippen MR) is 83.9 cm³/mol. The number of thiol groups is 2. The van der Waals surface area contributed by atoms with Crippen molar-refractivity contribution in [2.24, 2.45) is 5.73 Å². The van der Waals surface area contributed by atoms with Crippen molar-refractivity contribution in [3.63, 3.8) is 0 Å². The van der Waals surface area contributed by atoms with Crippen molar-refractivity contribution in [3.8, 4) is 0 Å². The summed E-state index contributed by atoms with van der Waals surface area (Å²) >= 11 is 8.45. The van der Waals surface area contributed by atoms with Gasteiger partial charge >= 0.3 is 5.97 Å². The number of carboxylic acid groups (broad SMARTS) is 1. The highest BCUT2D eigenvalue weighted by Gasteiger charge is 2.15. The molecule has 7 heteroatoms. The van der Waals surface area contributed by atoms with Gasteiger partial charge in [0.1, 0.15) is 6.04 Å². The summed E-state index contributed by atoms with van der Waals surface area (Å²) in [7, 11) is 0. The number of aliphatic carboxylic acids is 1. The topological polar surface area (TPSA) is 92.4 Å². The summed E-state index contributed by atoms with van der Waals surface area (Å²) in [5.74, 6) is -0.364. The second-order valence-corrected chi connectivity index (χ2v) is 5.03. The van der Waals surface area contributed by atoms with E-state index in [-0.39, 0.29) is 12.3 Å². The Bertz CT molecular complexity index is 472. The van der Waals surface area contributed by atoms with Crippen molar-refractivity contribution in [1.29, 1.82) is 0 Å². The zero-order valence-electron chi connectivity index (χ0n) is 10.9. The minimum Gasteiger partial charge on any atom is -0.480 e. The molecule has 1 rings (SSSR count). The Hall–Kier alpha value is -1.18. The molecule has 1 amide bonds. The highest BCUT2D eigenvalue weighted by atomic mass is 32.1. The smallest absolute Gasteiger partial charge is 0.321 e. The van der Waals surface area contributed by atoms with E-state index in [9.17, 15) is 9.59 Å². The number of amides is 1. The van der Waals surface area contributed by atoms with E-state index >= 15 is 0 Å². The van der Waals surface area contributed by atoms with Gasteiger partial charge in [0, 0.05) is 18.1 Å². The van der Waals surface area contributed by atoms with Crippen LogP contribution in [0.5, 0.6) is 0 Å². The van der Waals surface area contributed by atoms with Crippen molar-refractivity contribution in [1.82, 2.24) is 5.32 Å². The third kappa shape index (κ3) is 5.44. The van der Waals surface area contributed by atoms with E-state index in [1.54, 1.807) is 0 Å². The second-order valence-electron chi connectivity index (χ2n) is 4.40. The highest BCUT2D eigenvalue weighted by molar-refractivity contribution is 7.79. The molecular formula is C13H18N2O3S2. The summed E-state index contributed by atoms with van der Waals surface area (Å²) in [6.45, 7) is 0.327. The number of carbonyl (C=O) groups is 2. The number of hydrogen-bond acceptors (Lipinski definition) is 5. The van der Waals surface area contributed by atoms with Crippen LogP contribution in [0.1, 0.15) is 23.1 Å². The summed E-state index contributed by atoms with van der Waals surface area (Å²) in [6.07, 6.45) is -0.235. The van der Waals surface area contributed by atoms with Crippen LogP contribution in [0.2, 0.25) is 0 Å². The molecule has 5 nitrogen and oxygen atoms in total. The summed E-state index contributed by atoms with van der Waals surface area (Å²) in [4.78, 5) is 22.1. The number of benzene rings is 1. The Balaban J connectivity index is 2.60. The average Bonchev–Trinajstić information content (AvgIpc) is 2.44. The largest absolute Gasteiger partial charge is 0.480 e. The monoisotopic (exact) mass is 314 g/mol. The van der Waals surface area contributed by atoms with Gasteiger partial charge in [0.2, 0.25) is 5.91 Å². The molecule has 0 aromatic heterocycles. The molecule has 0 aliphatic rings. The summed E-state index contributed by atoms with van der Waals surface area (Å²) in [5.41, 5.74) is 8.32. The molecule has 0 saturated heterocycles. The number of rotatable bonds is 7. The zero-order valence-corrected chi connectivity index (χ0v) is 12.7. The molecule has 0 saturated carbocycles. The predicted octanol–water partition coefficient (Wildman–Crippen LogP) is 0.964.